The van der Waals surface area contributed by atoms with Gasteiger partial charge in [-0.05, 0) is 49.9 Å². The number of benzene rings is 1. The maximum absolute atomic E-state index is 15.0. The van der Waals surface area contributed by atoms with Crippen LogP contribution in [0, 0.1) is 24.6 Å². The molecule has 2 N–H and O–H groups in total. The van der Waals surface area contributed by atoms with Crippen LogP contribution in [0.25, 0.3) is 11.0 Å². The summed E-state index contributed by atoms with van der Waals surface area (Å²) < 4.78 is 57.9. The summed E-state index contributed by atoms with van der Waals surface area (Å²) in [7, 11) is 1.45. The van der Waals surface area contributed by atoms with Gasteiger partial charge in [0.15, 0.2) is 11.3 Å². The van der Waals surface area contributed by atoms with Gasteiger partial charge in [0.2, 0.25) is 0 Å². The van der Waals surface area contributed by atoms with Gasteiger partial charge in [0.25, 0.3) is 11.5 Å². The Kier molecular flexibility index (Phi) is 7.21. The number of fused-ring (bicyclic) bond motifs is 1. The molecule has 8 nitrogen and oxygen atoms in total. The summed E-state index contributed by atoms with van der Waals surface area (Å²) in [6.07, 6.45) is -5.38. The van der Waals surface area contributed by atoms with Crippen LogP contribution >= 0.6 is 0 Å². The number of hydrogen-bond acceptors (Lipinski definition) is 6. The summed E-state index contributed by atoms with van der Waals surface area (Å²) in [5.74, 6) is -1.28. The van der Waals surface area contributed by atoms with E-state index in [0.29, 0.717) is 13.1 Å². The van der Waals surface area contributed by atoms with Gasteiger partial charge in [-0.1, -0.05) is 13.8 Å². The largest absolute Gasteiger partial charge is 0.433 e. The molecule has 0 saturated carbocycles. The highest BCUT2D eigenvalue weighted by Crippen LogP contribution is 2.36. The number of carbonyl (C=O) groups excluding carboxylic acids is 1. The fourth-order valence-corrected chi connectivity index (χ4v) is 4.85. The highest BCUT2D eigenvalue weighted by molar-refractivity contribution is 5.94. The van der Waals surface area contributed by atoms with Gasteiger partial charge in [-0.2, -0.15) is 13.2 Å². The van der Waals surface area contributed by atoms with E-state index < -0.39 is 41.3 Å². The van der Waals surface area contributed by atoms with Crippen LogP contribution in [-0.4, -0.2) is 49.6 Å². The number of nitrogens with zero attached hydrogens (tertiary/aromatic N) is 4. The quantitative estimate of drug-likeness (QED) is 0.489. The van der Waals surface area contributed by atoms with Crippen molar-refractivity contribution in [2.75, 3.05) is 18.4 Å². The molecule has 0 radical (unpaired) electrons. The Morgan fingerprint density at radius 2 is 1.79 bits per heavy atom. The molecule has 12 heteroatoms. The first-order valence-electron chi connectivity index (χ1n) is 12.2. The van der Waals surface area contributed by atoms with E-state index in [0.717, 1.165) is 12.1 Å². The fraction of sp³-hybridized carbons (Fsp3) is 0.462. The second-order valence-electron chi connectivity index (χ2n) is 10.0. The zero-order chi connectivity index (χ0) is 28.1. The van der Waals surface area contributed by atoms with Crippen LogP contribution in [0.2, 0.25) is 0 Å². The normalized spacial score (nSPS) is 21.0. The molecular formula is C26H29F4N5O3. The minimum absolute atomic E-state index is 0.0878. The summed E-state index contributed by atoms with van der Waals surface area (Å²) >= 11 is 0. The zero-order valence-electron chi connectivity index (χ0n) is 21.6. The van der Waals surface area contributed by atoms with Crippen molar-refractivity contribution in [1.29, 1.82) is 0 Å². The number of aryl methyl sites for hydroxylation is 1. The Morgan fingerprint density at radius 3 is 2.37 bits per heavy atom. The number of anilines is 1. The van der Waals surface area contributed by atoms with Crippen LogP contribution in [-0.2, 0) is 13.2 Å². The molecule has 1 aliphatic heterocycles. The van der Waals surface area contributed by atoms with Crippen molar-refractivity contribution in [1.82, 2.24) is 19.4 Å². The minimum atomic E-state index is -4.85. The Balaban J connectivity index is 1.64. The number of amides is 1. The standard InChI is InChI=1S/C26H29F4N5O3/c1-12-10-35(11-13(2)21(12)36)24(37)16-6-7-20(19(27)8-16)31-14(3)17-9-18-23(33-22(17)26(28,29)30)32-15(4)34(5)25(18)38/h6-9,12-14,21,31,36H,10-11H2,1-5H3. The number of nitrogens with one attached hydrogen (secondary N) is 1. The van der Waals surface area contributed by atoms with Crippen molar-refractivity contribution >= 4 is 22.6 Å². The van der Waals surface area contributed by atoms with Gasteiger partial charge in [-0.25, -0.2) is 14.4 Å². The second kappa shape index (κ2) is 9.97. The molecule has 1 fully saturated rings. The smallest absolute Gasteiger partial charge is 0.392 e. The summed E-state index contributed by atoms with van der Waals surface area (Å²) in [4.78, 5) is 34.8. The molecule has 0 aliphatic carbocycles. The number of carbonyl (C=O) groups is 1. The number of alkyl halides is 3. The highest BCUT2D eigenvalue weighted by atomic mass is 19.4. The first-order chi connectivity index (χ1) is 17.7. The van der Waals surface area contributed by atoms with Crippen molar-refractivity contribution in [2.24, 2.45) is 18.9 Å². The Bertz CT molecular complexity index is 1440. The van der Waals surface area contributed by atoms with Crippen LogP contribution in [0.4, 0.5) is 23.2 Å². The highest BCUT2D eigenvalue weighted by Gasteiger charge is 2.38. The number of pyridine rings is 1. The molecule has 2 aromatic heterocycles. The van der Waals surface area contributed by atoms with E-state index in [1.54, 1.807) is 4.90 Å². The molecule has 3 aromatic rings. The molecule has 0 spiro atoms. The molecule has 1 aliphatic rings. The third kappa shape index (κ3) is 5.09. The summed E-state index contributed by atoms with van der Waals surface area (Å²) in [6, 6.07) is 3.70. The summed E-state index contributed by atoms with van der Waals surface area (Å²) in [5, 5.41) is 12.8. The maximum Gasteiger partial charge on any atom is 0.433 e. The van der Waals surface area contributed by atoms with Crippen LogP contribution in [0.1, 0.15) is 54.3 Å². The van der Waals surface area contributed by atoms with Crippen molar-refractivity contribution in [3.8, 4) is 0 Å². The number of aliphatic hydroxyl groups excluding tert-OH is 1. The van der Waals surface area contributed by atoms with Crippen LogP contribution in [0.3, 0.4) is 0 Å². The minimum Gasteiger partial charge on any atom is -0.392 e. The van der Waals surface area contributed by atoms with Gasteiger partial charge in [0, 0.05) is 31.3 Å². The van der Waals surface area contributed by atoms with Gasteiger partial charge in [0.05, 0.1) is 23.2 Å². The van der Waals surface area contributed by atoms with Crippen molar-refractivity contribution in [2.45, 2.75) is 46.0 Å². The van der Waals surface area contributed by atoms with Crippen molar-refractivity contribution in [3.63, 3.8) is 0 Å². The number of rotatable bonds is 4. The molecule has 3 unspecified atom stereocenters. The second-order valence-corrected chi connectivity index (χ2v) is 10.0. The molecule has 4 rings (SSSR count). The number of aromatic nitrogens is 3. The van der Waals surface area contributed by atoms with E-state index in [-0.39, 0.29) is 45.5 Å². The van der Waals surface area contributed by atoms with Gasteiger partial charge in [-0.15, -0.1) is 0 Å². The van der Waals surface area contributed by atoms with Crippen molar-refractivity contribution in [3.05, 3.63) is 63.1 Å². The SMILES string of the molecule is Cc1nc2nc(C(F)(F)F)c(C(C)Nc3ccc(C(=O)N4CC(C)C(O)C(C)C4)cc3F)cc2c(=O)n1C. The lowest BCUT2D eigenvalue weighted by Crippen LogP contribution is -2.49. The molecule has 1 aromatic carbocycles. The van der Waals surface area contributed by atoms with Crippen LogP contribution < -0.4 is 10.9 Å². The van der Waals surface area contributed by atoms with Crippen LogP contribution in [0.15, 0.2) is 29.1 Å². The van der Waals surface area contributed by atoms with E-state index >= 15 is 4.39 Å². The molecule has 3 heterocycles. The third-order valence-electron chi connectivity index (χ3n) is 7.11. The summed E-state index contributed by atoms with van der Waals surface area (Å²) in [5.41, 5.74) is -2.48. The number of piperidine rings is 1. The van der Waals surface area contributed by atoms with E-state index in [9.17, 15) is 27.9 Å². The molecule has 204 valence electrons. The lowest BCUT2D eigenvalue weighted by atomic mass is 9.88. The molecule has 0 bridgehead atoms. The van der Waals surface area contributed by atoms with Gasteiger partial charge < -0.3 is 15.3 Å². The van der Waals surface area contributed by atoms with E-state index in [2.05, 4.69) is 15.3 Å². The number of aliphatic hydroxyl groups is 1. The number of likely N-dealkylation sites (tertiary alicyclic amines) is 1. The predicted molar refractivity (Wildman–Crippen MR) is 133 cm³/mol. The van der Waals surface area contributed by atoms with Gasteiger partial charge >= 0.3 is 6.18 Å². The fourth-order valence-electron chi connectivity index (χ4n) is 4.85. The average molecular weight is 536 g/mol. The Hall–Kier alpha value is -3.54. The third-order valence-corrected chi connectivity index (χ3v) is 7.11. The Labute approximate surface area is 216 Å². The molecule has 1 amide bonds. The topological polar surface area (TPSA) is 100 Å². The maximum atomic E-state index is 15.0. The van der Waals surface area contributed by atoms with E-state index in [1.165, 1.54) is 37.6 Å². The monoisotopic (exact) mass is 535 g/mol. The molecule has 3 atom stereocenters. The summed E-state index contributed by atoms with van der Waals surface area (Å²) in [6.45, 7) is 7.20. The molecule has 1 saturated heterocycles. The molecule has 38 heavy (non-hydrogen) atoms. The molecular weight excluding hydrogens is 506 g/mol. The predicted octanol–water partition coefficient (Wildman–Crippen LogP) is 4.06. The average Bonchev–Trinajstić information content (AvgIpc) is 2.85. The lowest BCUT2D eigenvalue weighted by Gasteiger charge is -2.38. The number of hydrogen-bond donors (Lipinski definition) is 2. The first kappa shape index (κ1) is 27.5. The lowest BCUT2D eigenvalue weighted by molar-refractivity contribution is -0.141. The zero-order valence-corrected chi connectivity index (χ0v) is 21.6. The van der Waals surface area contributed by atoms with Crippen molar-refractivity contribution < 1.29 is 27.5 Å². The van der Waals surface area contributed by atoms with Crippen LogP contribution in [0.5, 0.6) is 0 Å². The van der Waals surface area contributed by atoms with E-state index in [1.807, 2.05) is 13.8 Å². The van der Waals surface area contributed by atoms with E-state index in [4.69, 9.17) is 0 Å². The van der Waals surface area contributed by atoms with Gasteiger partial charge in [-0.3, -0.25) is 14.2 Å². The number of halogens is 4. The first-order valence-corrected chi connectivity index (χ1v) is 12.2. The Morgan fingerprint density at radius 1 is 1.16 bits per heavy atom. The van der Waals surface area contributed by atoms with Gasteiger partial charge in [0.1, 0.15) is 11.6 Å².